The van der Waals surface area contributed by atoms with Gasteiger partial charge in [0.1, 0.15) is 0 Å². The number of carbonyl (C=O) groups excluding carboxylic acids is 2. The average Bonchev–Trinajstić information content (AvgIpc) is 2.87. The van der Waals surface area contributed by atoms with Gasteiger partial charge in [-0.3, -0.25) is 14.6 Å². The number of benzene rings is 3. The molecule has 0 radical (unpaired) electrons. The second-order valence-corrected chi connectivity index (χ2v) is 8.42. The highest BCUT2D eigenvalue weighted by atomic mass is 35.5. The molecule has 0 bridgehead atoms. The lowest BCUT2D eigenvalue weighted by Gasteiger charge is -2.14. The van der Waals surface area contributed by atoms with Crippen LogP contribution in [0, 0.1) is 5.41 Å². The maximum absolute atomic E-state index is 13.1. The van der Waals surface area contributed by atoms with E-state index in [-0.39, 0.29) is 11.8 Å². The summed E-state index contributed by atoms with van der Waals surface area (Å²) in [5.41, 5.74) is 4.53. The topological polar surface area (TPSA) is 94.9 Å². The van der Waals surface area contributed by atoms with Crippen LogP contribution in [0.1, 0.15) is 33.2 Å². The molecule has 3 N–H and O–H groups in total. The molecule has 1 heterocycles. The number of hydrogen-bond acceptors (Lipinski definition) is 4. The van der Waals surface area contributed by atoms with Gasteiger partial charge in [-0.2, -0.15) is 0 Å². The lowest BCUT2D eigenvalue weighted by molar-refractivity contribution is 0.101. The minimum Gasteiger partial charge on any atom is -0.322 e. The van der Waals surface area contributed by atoms with E-state index in [9.17, 15) is 9.59 Å². The highest BCUT2D eigenvalue weighted by molar-refractivity contribution is 6.33. The number of anilines is 2. The molecule has 35 heavy (non-hydrogen) atoms. The highest BCUT2D eigenvalue weighted by Crippen LogP contribution is 2.29. The zero-order chi connectivity index (χ0) is 24.8. The van der Waals surface area contributed by atoms with E-state index in [1.807, 2.05) is 24.3 Å². The second-order valence-electron chi connectivity index (χ2n) is 8.01. The molecule has 0 unspecified atom stereocenters. The first-order valence-electron chi connectivity index (χ1n) is 11.0. The molecule has 0 aliphatic rings. The van der Waals surface area contributed by atoms with Crippen molar-refractivity contribution < 1.29 is 9.59 Å². The first kappa shape index (κ1) is 23.9. The van der Waals surface area contributed by atoms with Crippen LogP contribution in [0.5, 0.6) is 0 Å². The molecule has 4 aromatic rings. The molecule has 1 aromatic heterocycles. The van der Waals surface area contributed by atoms with E-state index >= 15 is 0 Å². The summed E-state index contributed by atoms with van der Waals surface area (Å²) in [7, 11) is 0. The lowest BCUT2D eigenvalue weighted by atomic mass is 10.0. The van der Waals surface area contributed by atoms with Gasteiger partial charge in [-0.1, -0.05) is 41.9 Å². The lowest BCUT2D eigenvalue weighted by Crippen LogP contribution is -2.16. The number of halogens is 1. The summed E-state index contributed by atoms with van der Waals surface area (Å²) in [6.07, 6.45) is 2.04. The molecule has 0 saturated heterocycles. The summed E-state index contributed by atoms with van der Waals surface area (Å²) in [5.74, 6) is -0.627. The van der Waals surface area contributed by atoms with Gasteiger partial charge in [0.25, 0.3) is 11.8 Å². The van der Waals surface area contributed by atoms with E-state index in [1.165, 1.54) is 0 Å². The van der Waals surface area contributed by atoms with E-state index in [0.29, 0.717) is 50.9 Å². The van der Waals surface area contributed by atoms with Crippen molar-refractivity contribution in [2.45, 2.75) is 13.3 Å². The van der Waals surface area contributed by atoms with Crippen molar-refractivity contribution in [1.82, 2.24) is 4.98 Å². The van der Waals surface area contributed by atoms with Gasteiger partial charge in [-0.05, 0) is 67.1 Å². The number of amides is 2. The largest absolute Gasteiger partial charge is 0.322 e. The van der Waals surface area contributed by atoms with Gasteiger partial charge in [0, 0.05) is 46.4 Å². The number of hydrogen-bond donors (Lipinski definition) is 3. The highest BCUT2D eigenvalue weighted by Gasteiger charge is 2.15. The Morgan fingerprint density at radius 3 is 2.31 bits per heavy atom. The molecule has 0 saturated carbocycles. The minimum absolute atomic E-state index is 0.287. The van der Waals surface area contributed by atoms with Crippen molar-refractivity contribution in [1.29, 1.82) is 5.41 Å². The third kappa shape index (κ3) is 5.99. The van der Waals surface area contributed by atoms with Gasteiger partial charge in [0.2, 0.25) is 0 Å². The van der Waals surface area contributed by atoms with Gasteiger partial charge in [0.05, 0.1) is 10.7 Å². The van der Waals surface area contributed by atoms with Gasteiger partial charge < -0.3 is 16.0 Å². The molecular formula is C28H23ClN4O2. The molecule has 6 nitrogen and oxygen atoms in total. The van der Waals surface area contributed by atoms with Crippen molar-refractivity contribution in [3.63, 3.8) is 0 Å². The fraction of sp³-hybridized carbons (Fsp3) is 0.0714. The van der Waals surface area contributed by atoms with Gasteiger partial charge in [0.15, 0.2) is 0 Å². The average molecular weight is 483 g/mol. The van der Waals surface area contributed by atoms with Crippen molar-refractivity contribution >= 4 is 40.5 Å². The minimum atomic E-state index is -0.340. The van der Waals surface area contributed by atoms with E-state index in [1.54, 1.807) is 73.8 Å². The number of aromatic nitrogens is 1. The Morgan fingerprint density at radius 2 is 1.60 bits per heavy atom. The Bertz CT molecular complexity index is 1390. The van der Waals surface area contributed by atoms with Crippen molar-refractivity contribution in [3.8, 4) is 11.3 Å². The number of nitrogens with zero attached hydrogens (tertiary/aromatic N) is 1. The van der Waals surface area contributed by atoms with Gasteiger partial charge in [-0.25, -0.2) is 0 Å². The normalized spacial score (nSPS) is 10.5. The Hall–Kier alpha value is -4.29. The number of nitrogens with one attached hydrogen (secondary N) is 3. The van der Waals surface area contributed by atoms with Crippen LogP contribution in [-0.2, 0) is 6.42 Å². The van der Waals surface area contributed by atoms with Crippen molar-refractivity contribution in [2.75, 3.05) is 10.6 Å². The van der Waals surface area contributed by atoms with Crippen LogP contribution in [0.4, 0.5) is 11.4 Å². The molecular weight excluding hydrogens is 460 g/mol. The Balaban J connectivity index is 1.60. The van der Waals surface area contributed by atoms with Crippen LogP contribution in [0.3, 0.4) is 0 Å². The van der Waals surface area contributed by atoms with Crippen molar-refractivity contribution in [2.24, 2.45) is 0 Å². The molecule has 3 aromatic carbocycles. The fourth-order valence-electron chi connectivity index (χ4n) is 3.58. The SMILES string of the molecule is CC(=N)Cc1ccc(C(=O)Nc2ccc(Cl)c(-c3ccccn3)c2)cc1NC(=O)c1ccccc1. The van der Waals surface area contributed by atoms with Crippen molar-refractivity contribution in [3.05, 3.63) is 113 Å². The zero-order valence-corrected chi connectivity index (χ0v) is 19.8. The van der Waals surface area contributed by atoms with Crippen LogP contribution in [0.2, 0.25) is 5.02 Å². The Kier molecular flexibility index (Phi) is 7.33. The van der Waals surface area contributed by atoms with Crippen LogP contribution in [-0.4, -0.2) is 22.5 Å². The second kappa shape index (κ2) is 10.8. The third-order valence-electron chi connectivity index (χ3n) is 5.28. The third-order valence-corrected chi connectivity index (χ3v) is 5.61. The smallest absolute Gasteiger partial charge is 0.255 e. The monoisotopic (exact) mass is 482 g/mol. The van der Waals surface area contributed by atoms with Gasteiger partial charge in [-0.15, -0.1) is 0 Å². The molecule has 4 rings (SSSR count). The van der Waals surface area contributed by atoms with E-state index < -0.39 is 0 Å². The summed E-state index contributed by atoms with van der Waals surface area (Å²) < 4.78 is 0. The molecule has 0 spiro atoms. The fourth-order valence-corrected chi connectivity index (χ4v) is 3.80. The van der Waals surface area contributed by atoms with Crippen LogP contribution >= 0.6 is 11.6 Å². The number of rotatable bonds is 7. The van der Waals surface area contributed by atoms with Crippen LogP contribution in [0.25, 0.3) is 11.3 Å². The van der Waals surface area contributed by atoms with Crippen LogP contribution in [0.15, 0.2) is 91.1 Å². The zero-order valence-electron chi connectivity index (χ0n) is 19.0. The molecule has 7 heteroatoms. The molecule has 0 atom stereocenters. The van der Waals surface area contributed by atoms with E-state index in [2.05, 4.69) is 15.6 Å². The summed E-state index contributed by atoms with van der Waals surface area (Å²) in [5, 5.41) is 14.2. The predicted octanol–water partition coefficient (Wildman–Crippen LogP) is 6.49. The van der Waals surface area contributed by atoms with Gasteiger partial charge >= 0.3 is 0 Å². The van der Waals surface area contributed by atoms with Crippen LogP contribution < -0.4 is 10.6 Å². The number of carbonyl (C=O) groups is 2. The first-order valence-corrected chi connectivity index (χ1v) is 11.3. The summed E-state index contributed by atoms with van der Waals surface area (Å²) >= 11 is 6.35. The molecule has 0 fully saturated rings. The van der Waals surface area contributed by atoms with E-state index in [4.69, 9.17) is 17.0 Å². The van der Waals surface area contributed by atoms with E-state index in [0.717, 1.165) is 5.56 Å². The summed E-state index contributed by atoms with van der Waals surface area (Å²) in [6, 6.07) is 24.6. The Labute approximate surface area is 208 Å². The maximum atomic E-state index is 13.1. The molecule has 174 valence electrons. The molecule has 0 aliphatic carbocycles. The number of pyridine rings is 1. The first-order chi connectivity index (χ1) is 16.9. The summed E-state index contributed by atoms with van der Waals surface area (Å²) in [6.45, 7) is 1.70. The maximum Gasteiger partial charge on any atom is 0.255 e. The standard InChI is InChI=1S/C28H23ClN4O2/c1-18(30)15-20-10-11-21(16-26(20)33-27(34)19-7-3-2-4-8-19)28(35)32-22-12-13-24(29)23(17-22)25-9-5-6-14-31-25/h2-14,16-17,30H,15H2,1H3,(H,32,35)(H,33,34). The molecule has 2 amide bonds. The molecule has 0 aliphatic heterocycles. The summed E-state index contributed by atoms with van der Waals surface area (Å²) in [4.78, 5) is 30.1. The predicted molar refractivity (Wildman–Crippen MR) is 141 cm³/mol. The quantitative estimate of drug-likeness (QED) is 0.263. The Morgan fingerprint density at radius 1 is 0.857 bits per heavy atom.